The number of rotatable bonds is 2. The summed E-state index contributed by atoms with van der Waals surface area (Å²) in [6, 6.07) is 10.8. The van der Waals surface area contributed by atoms with Crippen molar-refractivity contribution in [2.45, 2.75) is 20.0 Å². The van der Waals surface area contributed by atoms with Gasteiger partial charge in [-0.3, -0.25) is 0 Å². The predicted octanol–water partition coefficient (Wildman–Crippen LogP) is 2.82. The van der Waals surface area contributed by atoms with E-state index in [-0.39, 0.29) is 0 Å². The molecule has 0 aromatic heterocycles. The summed E-state index contributed by atoms with van der Waals surface area (Å²) in [6.07, 6.45) is 0.927. The van der Waals surface area contributed by atoms with Gasteiger partial charge in [0.2, 0.25) is 1.43 Å². The van der Waals surface area contributed by atoms with Gasteiger partial charge in [-0.05, 0) is 11.8 Å². The lowest BCUT2D eigenvalue weighted by Gasteiger charge is -1.98. The average molecular weight is 213 g/mol. The van der Waals surface area contributed by atoms with Crippen LogP contribution in [0.1, 0.15) is 25.5 Å². The molecule has 0 saturated carbocycles. The standard InChI is InChI=1S/C8H7NO.C2H6.CH4S/c9-6-8(10)7-4-2-1-3-5-7;2*1-2/h1-5,8,10H;1-2H3;2H,1H3/i10T;;. The molecule has 0 aliphatic heterocycles. The van der Waals surface area contributed by atoms with Gasteiger partial charge in [0.1, 0.15) is 0 Å². The molecule has 1 unspecified atom stereocenters. The molecular formula is C11H17NOS. The monoisotopic (exact) mass is 213 g/mol. The molecule has 0 radical (unpaired) electrons. The first-order valence-corrected chi connectivity index (χ1v) is 5.29. The molecule has 78 valence electrons. The molecule has 0 fully saturated rings. The highest BCUT2D eigenvalue weighted by atomic mass is 32.1. The van der Waals surface area contributed by atoms with E-state index in [1.165, 1.54) is 0 Å². The molecule has 1 N–H and O–H groups in total. The smallest absolute Gasteiger partial charge is 0.212 e. The molecule has 0 aliphatic rings. The summed E-state index contributed by atoms with van der Waals surface area (Å²) in [6.45, 7) is 4.00. The van der Waals surface area contributed by atoms with Crippen LogP contribution in [0.4, 0.5) is 0 Å². The van der Waals surface area contributed by atoms with E-state index >= 15 is 0 Å². The fraction of sp³-hybridized carbons (Fsp3) is 0.364. The van der Waals surface area contributed by atoms with Crippen LogP contribution in [0, 0.1) is 11.3 Å². The van der Waals surface area contributed by atoms with E-state index in [4.69, 9.17) is 6.69 Å². The zero-order valence-corrected chi connectivity index (χ0v) is 9.66. The third-order valence-corrected chi connectivity index (χ3v) is 1.22. The van der Waals surface area contributed by atoms with Gasteiger partial charge in [0.15, 0.2) is 6.10 Å². The van der Waals surface area contributed by atoms with Crippen LogP contribution in [0.2, 0.25) is 0 Å². The van der Waals surface area contributed by atoms with Crippen molar-refractivity contribution in [3.05, 3.63) is 35.9 Å². The molecule has 0 bridgehead atoms. The summed E-state index contributed by atoms with van der Waals surface area (Å²) in [4.78, 5) is 0. The number of benzene rings is 1. The number of aliphatic hydroxyl groups is 1. The van der Waals surface area contributed by atoms with Crippen LogP contribution in [-0.2, 0) is 0 Å². The maximum absolute atomic E-state index is 8.48. The largest absolute Gasteiger partial charge is 0.374 e. The summed E-state index contributed by atoms with van der Waals surface area (Å²) in [5.74, 6) is 0. The van der Waals surface area contributed by atoms with E-state index in [1.807, 2.05) is 26.0 Å². The molecule has 14 heavy (non-hydrogen) atoms. The molecule has 1 rings (SSSR count). The SMILES string of the molecule is CC.CS.[3H]OC(C#N)c1ccccc1. The lowest BCUT2D eigenvalue weighted by Crippen LogP contribution is -1.90. The first kappa shape index (κ1) is 13.0. The van der Waals surface area contributed by atoms with Crippen molar-refractivity contribution in [3.8, 4) is 6.07 Å². The van der Waals surface area contributed by atoms with E-state index in [0.29, 0.717) is 5.56 Å². The lowest BCUT2D eigenvalue weighted by atomic mass is 10.1. The topological polar surface area (TPSA) is 44.0 Å². The maximum atomic E-state index is 8.48. The van der Waals surface area contributed by atoms with Crippen LogP contribution < -0.4 is 0 Å². The molecule has 2 nitrogen and oxygen atoms in total. The Morgan fingerprint density at radius 1 is 1.36 bits per heavy atom. The highest BCUT2D eigenvalue weighted by Gasteiger charge is 2.01. The van der Waals surface area contributed by atoms with E-state index in [1.54, 1.807) is 30.5 Å². The Balaban J connectivity index is 0. The Labute approximate surface area is 93.1 Å². The molecule has 0 aliphatic carbocycles. The first-order valence-electron chi connectivity index (χ1n) is 4.80. The third-order valence-electron chi connectivity index (χ3n) is 1.22. The number of hydrogen-bond donors (Lipinski definition) is 2. The number of thiol groups is 1. The van der Waals surface area contributed by atoms with Gasteiger partial charge < -0.3 is 5.11 Å². The fourth-order valence-electron chi connectivity index (χ4n) is 0.702. The minimum Gasteiger partial charge on any atom is -0.374 e. The Hall–Kier alpha value is -0.980. The molecule has 0 saturated heterocycles. The number of aliphatic hydroxyl groups excluding tert-OH is 1. The van der Waals surface area contributed by atoms with Crippen molar-refractivity contribution in [3.63, 3.8) is 0 Å². The third kappa shape index (κ3) is 6.53. The van der Waals surface area contributed by atoms with Crippen LogP contribution in [0.25, 0.3) is 0 Å². The fourth-order valence-corrected chi connectivity index (χ4v) is 0.702. The Bertz CT molecular complexity index is 261. The summed E-state index contributed by atoms with van der Waals surface area (Å²) < 4.78 is 6.57. The van der Waals surface area contributed by atoms with Gasteiger partial charge in [-0.2, -0.15) is 17.9 Å². The predicted molar refractivity (Wildman–Crippen MR) is 63.3 cm³/mol. The number of hydrogen-bond acceptors (Lipinski definition) is 3. The molecule has 1 aromatic carbocycles. The highest BCUT2D eigenvalue weighted by molar-refractivity contribution is 7.79. The van der Waals surface area contributed by atoms with Crippen molar-refractivity contribution >= 4 is 12.6 Å². The molecule has 1 aromatic rings. The molecule has 3 heteroatoms. The summed E-state index contributed by atoms with van der Waals surface area (Å²) >= 11 is 3.53. The van der Waals surface area contributed by atoms with Gasteiger partial charge in [-0.1, -0.05) is 44.2 Å². The maximum Gasteiger partial charge on any atom is 0.212 e. The first-order chi connectivity index (χ1) is 7.38. The van der Waals surface area contributed by atoms with Crippen LogP contribution in [-0.4, -0.2) is 12.8 Å². The summed E-state index contributed by atoms with van der Waals surface area (Å²) in [7, 11) is 0. The second-order valence-electron chi connectivity index (χ2n) is 1.92. The second kappa shape index (κ2) is 12.0. The van der Waals surface area contributed by atoms with E-state index in [9.17, 15) is 0 Å². The van der Waals surface area contributed by atoms with Gasteiger partial charge in [0.05, 0.1) is 6.07 Å². The van der Waals surface area contributed by atoms with Gasteiger partial charge in [-0.15, -0.1) is 0 Å². The second-order valence-corrected chi connectivity index (χ2v) is 1.92. The van der Waals surface area contributed by atoms with Crippen molar-refractivity contribution in [2.75, 3.05) is 6.26 Å². The molecule has 1 atom stereocenters. The van der Waals surface area contributed by atoms with Crippen LogP contribution in [0.5, 0.6) is 0 Å². The quantitative estimate of drug-likeness (QED) is 0.586. The molecule has 0 heterocycles. The number of nitrogens with zero attached hydrogens (tertiary/aromatic N) is 1. The van der Waals surface area contributed by atoms with Crippen LogP contribution in [0.3, 0.4) is 0 Å². The highest BCUT2D eigenvalue weighted by Crippen LogP contribution is 2.09. The molecule has 0 spiro atoms. The normalized spacial score (nSPS) is 10.4. The van der Waals surface area contributed by atoms with Crippen molar-refractivity contribution in [1.82, 2.24) is 0 Å². The minimum absolute atomic E-state index is 0.713. The van der Waals surface area contributed by atoms with Gasteiger partial charge in [0.25, 0.3) is 0 Å². The Morgan fingerprint density at radius 2 is 1.86 bits per heavy atom. The van der Waals surface area contributed by atoms with Crippen molar-refractivity contribution in [2.24, 2.45) is 0 Å². The van der Waals surface area contributed by atoms with Crippen molar-refractivity contribution < 1.29 is 5.11 Å². The van der Waals surface area contributed by atoms with Gasteiger partial charge in [0, 0.05) is 0 Å². The van der Waals surface area contributed by atoms with Gasteiger partial charge in [-0.25, -0.2) is 0 Å². The zero-order chi connectivity index (χ0) is 12.1. The van der Waals surface area contributed by atoms with Crippen LogP contribution in [0.15, 0.2) is 30.3 Å². The average Bonchev–Trinajstić information content (AvgIpc) is 2.37. The minimum atomic E-state index is -0.767. The van der Waals surface area contributed by atoms with Crippen molar-refractivity contribution in [1.29, 1.82) is 6.69 Å². The molecule has 0 amide bonds. The Morgan fingerprint density at radius 3 is 2.21 bits per heavy atom. The Kier molecular flexibility index (Phi) is 11.2. The summed E-state index contributed by atoms with van der Waals surface area (Å²) in [5, 5.41) is 12.7. The summed E-state index contributed by atoms with van der Waals surface area (Å²) in [5.41, 5.74) is 0.713. The molecular weight excluding hydrogens is 194 g/mol. The van der Waals surface area contributed by atoms with Gasteiger partial charge >= 0.3 is 0 Å². The van der Waals surface area contributed by atoms with E-state index in [0.717, 1.165) is 0 Å². The van der Waals surface area contributed by atoms with E-state index < -0.39 is 6.10 Å². The zero-order valence-electron chi connectivity index (χ0n) is 9.77. The lowest BCUT2D eigenvalue weighted by molar-refractivity contribution is 0.236. The van der Waals surface area contributed by atoms with Crippen LogP contribution >= 0.6 is 12.6 Å². The van der Waals surface area contributed by atoms with E-state index in [2.05, 4.69) is 17.7 Å². The number of nitriles is 1.